The lowest BCUT2D eigenvalue weighted by Crippen LogP contribution is -2.60. The van der Waals surface area contributed by atoms with Gasteiger partial charge in [-0.1, -0.05) is 38.7 Å². The third-order valence-electron chi connectivity index (χ3n) is 5.78. The quantitative estimate of drug-likeness (QED) is 0.688. The van der Waals surface area contributed by atoms with E-state index in [1.165, 1.54) is 17.5 Å². The van der Waals surface area contributed by atoms with Gasteiger partial charge >= 0.3 is 0 Å². The van der Waals surface area contributed by atoms with Gasteiger partial charge in [-0.15, -0.1) is 0 Å². The van der Waals surface area contributed by atoms with Crippen molar-refractivity contribution in [3.05, 3.63) is 29.3 Å². The molecule has 0 atom stereocenters. The fraction of sp³-hybridized carbons (Fsp3) is 0.636. The largest absolute Gasteiger partial charge is 0.484 e. The lowest BCUT2D eigenvalue weighted by atomic mass is 9.80. The number of benzene rings is 1. The normalized spacial score (nSPS) is 17.8. The van der Waals surface area contributed by atoms with Gasteiger partial charge in [-0.2, -0.15) is 0 Å². The lowest BCUT2D eigenvalue weighted by Gasteiger charge is -2.36. The van der Waals surface area contributed by atoms with E-state index in [4.69, 9.17) is 4.74 Å². The van der Waals surface area contributed by atoms with Crippen LogP contribution >= 0.6 is 0 Å². The zero-order valence-electron chi connectivity index (χ0n) is 16.4. The standard InChI is InChI=1S/C22H32N2O3/c1-2-3-14-23-21(26)22(12-5-4-6-13-22)24-20(25)16-27-19-11-10-17-8-7-9-18(17)15-19/h10-11,15H,2-9,12-14,16H2,1H3,(H,23,26)(H,24,25). The number of carbonyl (C=O) groups excluding carboxylic acids is 2. The molecule has 2 N–H and O–H groups in total. The molecule has 3 rings (SSSR count). The van der Waals surface area contributed by atoms with Crippen LogP contribution in [0.5, 0.6) is 5.75 Å². The number of aryl methyl sites for hydroxylation is 2. The summed E-state index contributed by atoms with van der Waals surface area (Å²) in [5.41, 5.74) is 1.94. The van der Waals surface area contributed by atoms with Crippen molar-refractivity contribution in [1.82, 2.24) is 10.6 Å². The van der Waals surface area contributed by atoms with E-state index in [-0.39, 0.29) is 18.4 Å². The van der Waals surface area contributed by atoms with E-state index in [0.29, 0.717) is 19.4 Å². The van der Waals surface area contributed by atoms with Crippen LogP contribution in [0.15, 0.2) is 18.2 Å². The summed E-state index contributed by atoms with van der Waals surface area (Å²) in [5, 5.41) is 6.01. The molecule has 5 heteroatoms. The minimum Gasteiger partial charge on any atom is -0.484 e. The summed E-state index contributed by atoms with van der Waals surface area (Å²) < 4.78 is 5.71. The maximum atomic E-state index is 12.8. The monoisotopic (exact) mass is 372 g/mol. The molecular weight excluding hydrogens is 340 g/mol. The van der Waals surface area contributed by atoms with Crippen LogP contribution in [0.4, 0.5) is 0 Å². The van der Waals surface area contributed by atoms with E-state index in [1.807, 2.05) is 12.1 Å². The van der Waals surface area contributed by atoms with E-state index >= 15 is 0 Å². The summed E-state index contributed by atoms with van der Waals surface area (Å²) in [7, 11) is 0. The predicted octanol–water partition coefficient (Wildman–Crippen LogP) is 3.29. The third-order valence-corrected chi connectivity index (χ3v) is 5.78. The van der Waals surface area contributed by atoms with Crippen molar-refractivity contribution >= 4 is 11.8 Å². The number of amides is 2. The molecule has 1 aromatic carbocycles. The smallest absolute Gasteiger partial charge is 0.258 e. The van der Waals surface area contributed by atoms with E-state index in [0.717, 1.165) is 50.7 Å². The zero-order chi connectivity index (χ0) is 19.1. The van der Waals surface area contributed by atoms with Crippen LogP contribution in [0, 0.1) is 0 Å². The van der Waals surface area contributed by atoms with Crippen LogP contribution in [0.2, 0.25) is 0 Å². The third kappa shape index (κ3) is 5.02. The van der Waals surface area contributed by atoms with Crippen molar-refractivity contribution < 1.29 is 14.3 Å². The summed E-state index contributed by atoms with van der Waals surface area (Å²) >= 11 is 0. The average molecular weight is 373 g/mol. The second kappa shape index (κ2) is 9.25. The van der Waals surface area contributed by atoms with Crippen molar-refractivity contribution in [3.63, 3.8) is 0 Å². The molecule has 27 heavy (non-hydrogen) atoms. The number of fused-ring (bicyclic) bond motifs is 1. The molecule has 2 aliphatic carbocycles. The topological polar surface area (TPSA) is 67.4 Å². The van der Waals surface area contributed by atoms with Crippen molar-refractivity contribution in [2.75, 3.05) is 13.2 Å². The first kappa shape index (κ1) is 19.7. The maximum absolute atomic E-state index is 12.8. The highest BCUT2D eigenvalue weighted by molar-refractivity contribution is 5.92. The molecule has 1 saturated carbocycles. The highest BCUT2D eigenvalue weighted by Gasteiger charge is 2.40. The van der Waals surface area contributed by atoms with Crippen LogP contribution in [-0.2, 0) is 22.4 Å². The second-order valence-corrected chi connectivity index (χ2v) is 7.87. The molecule has 0 aromatic heterocycles. The molecule has 0 bridgehead atoms. The van der Waals surface area contributed by atoms with Crippen molar-refractivity contribution in [2.45, 2.75) is 76.7 Å². The first-order valence-corrected chi connectivity index (χ1v) is 10.5. The van der Waals surface area contributed by atoms with Crippen molar-refractivity contribution in [1.29, 1.82) is 0 Å². The Morgan fingerprint density at radius 2 is 1.85 bits per heavy atom. The van der Waals surface area contributed by atoms with Gasteiger partial charge in [0.1, 0.15) is 11.3 Å². The highest BCUT2D eigenvalue weighted by Crippen LogP contribution is 2.29. The van der Waals surface area contributed by atoms with Gasteiger partial charge in [0.25, 0.3) is 5.91 Å². The van der Waals surface area contributed by atoms with Gasteiger partial charge < -0.3 is 15.4 Å². The van der Waals surface area contributed by atoms with E-state index in [2.05, 4.69) is 23.6 Å². The molecule has 1 aromatic rings. The molecule has 2 aliphatic rings. The molecule has 2 amide bonds. The van der Waals surface area contributed by atoms with Crippen LogP contribution in [-0.4, -0.2) is 30.5 Å². The Kier molecular flexibility index (Phi) is 6.75. The number of carbonyl (C=O) groups is 2. The second-order valence-electron chi connectivity index (χ2n) is 7.87. The van der Waals surface area contributed by atoms with Crippen molar-refractivity contribution in [3.8, 4) is 5.75 Å². The molecule has 0 radical (unpaired) electrons. The molecule has 0 spiro atoms. The van der Waals surface area contributed by atoms with Crippen LogP contribution in [0.3, 0.4) is 0 Å². The van der Waals surface area contributed by atoms with Gasteiger partial charge in [0.15, 0.2) is 6.61 Å². The number of ether oxygens (including phenoxy) is 1. The summed E-state index contributed by atoms with van der Waals surface area (Å²) in [6, 6.07) is 6.08. The van der Waals surface area contributed by atoms with Crippen LogP contribution in [0.25, 0.3) is 0 Å². The Bertz CT molecular complexity index is 666. The Labute approximate surface area is 162 Å². The fourth-order valence-corrected chi connectivity index (χ4v) is 4.20. The first-order chi connectivity index (χ1) is 13.1. The lowest BCUT2D eigenvalue weighted by molar-refractivity contribution is -0.135. The summed E-state index contributed by atoms with van der Waals surface area (Å²) in [6.45, 7) is 2.71. The SMILES string of the molecule is CCCCNC(=O)C1(NC(=O)COc2ccc3c(c2)CCC3)CCCCC1. The van der Waals surface area contributed by atoms with Gasteiger partial charge in [-0.25, -0.2) is 0 Å². The number of unbranched alkanes of at least 4 members (excludes halogenated alkanes) is 1. The number of rotatable bonds is 8. The summed E-state index contributed by atoms with van der Waals surface area (Å²) in [5.74, 6) is 0.473. The molecule has 0 heterocycles. The van der Waals surface area contributed by atoms with E-state index < -0.39 is 5.54 Å². The average Bonchev–Trinajstić information content (AvgIpc) is 3.15. The van der Waals surface area contributed by atoms with Gasteiger partial charge in [-0.05, 0) is 61.8 Å². The minimum atomic E-state index is -0.773. The van der Waals surface area contributed by atoms with Crippen LogP contribution in [0.1, 0.15) is 69.4 Å². The zero-order valence-corrected chi connectivity index (χ0v) is 16.4. The van der Waals surface area contributed by atoms with Crippen LogP contribution < -0.4 is 15.4 Å². The Morgan fingerprint density at radius 1 is 1.07 bits per heavy atom. The molecule has 0 unspecified atom stereocenters. The minimum absolute atomic E-state index is 0.0402. The fourth-order valence-electron chi connectivity index (χ4n) is 4.20. The van der Waals surface area contributed by atoms with Gasteiger partial charge in [0.2, 0.25) is 5.91 Å². The Hall–Kier alpha value is -2.04. The Balaban J connectivity index is 1.56. The van der Waals surface area contributed by atoms with Gasteiger partial charge in [0, 0.05) is 6.54 Å². The Morgan fingerprint density at radius 3 is 2.63 bits per heavy atom. The molecule has 0 saturated heterocycles. The highest BCUT2D eigenvalue weighted by atomic mass is 16.5. The first-order valence-electron chi connectivity index (χ1n) is 10.5. The number of nitrogens with one attached hydrogen (secondary N) is 2. The number of hydrogen-bond acceptors (Lipinski definition) is 3. The summed E-state index contributed by atoms with van der Waals surface area (Å²) in [6.07, 6.45) is 9.85. The van der Waals surface area contributed by atoms with E-state index in [9.17, 15) is 9.59 Å². The molecule has 5 nitrogen and oxygen atoms in total. The van der Waals surface area contributed by atoms with Gasteiger partial charge in [-0.3, -0.25) is 9.59 Å². The van der Waals surface area contributed by atoms with Crippen molar-refractivity contribution in [2.24, 2.45) is 0 Å². The molecule has 148 valence electrons. The molecule has 1 fully saturated rings. The van der Waals surface area contributed by atoms with Gasteiger partial charge in [0.05, 0.1) is 0 Å². The maximum Gasteiger partial charge on any atom is 0.258 e. The summed E-state index contributed by atoms with van der Waals surface area (Å²) in [4.78, 5) is 25.3. The molecular formula is C22H32N2O3. The molecule has 0 aliphatic heterocycles. The van der Waals surface area contributed by atoms with E-state index in [1.54, 1.807) is 0 Å². The number of hydrogen-bond donors (Lipinski definition) is 2. The predicted molar refractivity (Wildman–Crippen MR) is 106 cm³/mol.